The second-order valence-electron chi connectivity index (χ2n) is 8.29. The van der Waals surface area contributed by atoms with Gasteiger partial charge in [-0.15, -0.1) is 0 Å². The van der Waals surface area contributed by atoms with Crippen LogP contribution in [-0.4, -0.2) is 34.8 Å². The van der Waals surface area contributed by atoms with Gasteiger partial charge in [0.25, 0.3) is 0 Å². The lowest BCUT2D eigenvalue weighted by atomic mass is 10.0. The minimum atomic E-state index is -0.392. The number of urea groups is 1. The first-order valence-electron chi connectivity index (χ1n) is 9.60. The van der Waals surface area contributed by atoms with Gasteiger partial charge in [-0.25, -0.2) is 9.18 Å². The average molecular weight is 452 g/mol. The van der Waals surface area contributed by atoms with Crippen molar-refractivity contribution in [3.63, 3.8) is 0 Å². The third-order valence-corrected chi connectivity index (χ3v) is 5.20. The maximum absolute atomic E-state index is 13.2. The molecule has 0 bridgehead atoms. The van der Waals surface area contributed by atoms with Gasteiger partial charge in [0.15, 0.2) is 6.10 Å². The van der Waals surface area contributed by atoms with E-state index in [0.717, 1.165) is 16.8 Å². The molecule has 8 heteroatoms. The molecule has 0 aliphatic carbocycles. The van der Waals surface area contributed by atoms with Crippen molar-refractivity contribution in [2.45, 2.75) is 45.4 Å². The van der Waals surface area contributed by atoms with Crippen molar-refractivity contribution in [3.05, 3.63) is 69.5 Å². The van der Waals surface area contributed by atoms with Crippen LogP contribution in [0, 0.1) is 5.82 Å². The normalized spacial score (nSPS) is 16.1. The molecular weight excluding hydrogens is 428 g/mol. The first-order valence-corrected chi connectivity index (χ1v) is 10.4. The van der Waals surface area contributed by atoms with Crippen molar-refractivity contribution in [3.8, 4) is 0 Å². The van der Waals surface area contributed by atoms with E-state index in [1.807, 2.05) is 26.8 Å². The Morgan fingerprint density at radius 1 is 1.20 bits per heavy atom. The number of rotatable bonds is 5. The Kier molecular flexibility index (Phi) is 6.88. The number of amides is 2. The monoisotopic (exact) mass is 451 g/mol. The summed E-state index contributed by atoms with van der Waals surface area (Å²) in [5.41, 5.74) is 2.01. The van der Waals surface area contributed by atoms with Gasteiger partial charge in [-0.3, -0.25) is 0 Å². The van der Waals surface area contributed by atoms with Gasteiger partial charge in [-0.1, -0.05) is 46.6 Å². The number of carbonyl (C=O) groups excluding carboxylic acids is 1. The average Bonchev–Trinajstić information content (AvgIpc) is 3.12. The summed E-state index contributed by atoms with van der Waals surface area (Å²) in [5.74, 6) is -0.316. The zero-order valence-corrected chi connectivity index (χ0v) is 18.6. The van der Waals surface area contributed by atoms with Crippen molar-refractivity contribution in [1.82, 2.24) is 10.2 Å². The summed E-state index contributed by atoms with van der Waals surface area (Å²) in [7, 11) is 0. The Morgan fingerprint density at radius 3 is 2.53 bits per heavy atom. The van der Waals surface area contributed by atoms with Gasteiger partial charge < -0.3 is 15.1 Å². The molecule has 1 aliphatic heterocycles. The molecule has 5 nitrogen and oxygen atoms in total. The lowest BCUT2D eigenvalue weighted by molar-refractivity contribution is 0.0580. The molecule has 30 heavy (non-hydrogen) atoms. The Labute approximate surface area is 185 Å². The number of carbonyl (C=O) groups is 1. The van der Waals surface area contributed by atoms with Crippen LogP contribution in [0.15, 0.2) is 47.6 Å². The molecule has 1 unspecified atom stereocenters. The fourth-order valence-electron chi connectivity index (χ4n) is 3.05. The second kappa shape index (κ2) is 9.23. The van der Waals surface area contributed by atoms with Crippen LogP contribution in [0.5, 0.6) is 0 Å². The van der Waals surface area contributed by atoms with Crippen LogP contribution < -0.4 is 5.32 Å². The second-order valence-corrected chi connectivity index (χ2v) is 9.10. The van der Waals surface area contributed by atoms with Gasteiger partial charge in [0, 0.05) is 24.1 Å². The molecule has 1 heterocycles. The minimum Gasteiger partial charge on any atom is -0.390 e. The van der Waals surface area contributed by atoms with Gasteiger partial charge in [0.1, 0.15) is 5.82 Å². The van der Waals surface area contributed by atoms with Gasteiger partial charge in [0.2, 0.25) is 0 Å². The molecule has 2 aromatic rings. The summed E-state index contributed by atoms with van der Waals surface area (Å²) < 4.78 is 13.2. The molecule has 1 N–H and O–H groups in total. The molecule has 1 atom stereocenters. The van der Waals surface area contributed by atoms with Crippen LogP contribution in [-0.2, 0) is 11.4 Å². The van der Waals surface area contributed by atoms with Crippen LogP contribution in [0.4, 0.5) is 9.18 Å². The quantitative estimate of drug-likeness (QED) is 0.639. The van der Waals surface area contributed by atoms with Crippen molar-refractivity contribution in [2.24, 2.45) is 5.16 Å². The number of hydrogen-bond donors (Lipinski definition) is 1. The molecule has 2 amide bonds. The number of halogens is 3. The Hall–Kier alpha value is -2.31. The third-order valence-electron chi connectivity index (χ3n) is 4.47. The number of nitrogens with one attached hydrogen (secondary N) is 1. The van der Waals surface area contributed by atoms with Crippen LogP contribution >= 0.6 is 23.2 Å². The van der Waals surface area contributed by atoms with E-state index in [0.29, 0.717) is 29.6 Å². The first kappa shape index (κ1) is 22.4. The fraction of sp³-hybridized carbons (Fsp3) is 0.364. The van der Waals surface area contributed by atoms with Crippen LogP contribution in [0.25, 0.3) is 0 Å². The lowest BCUT2D eigenvalue weighted by Crippen LogP contribution is -2.50. The largest absolute Gasteiger partial charge is 0.390 e. The highest BCUT2D eigenvalue weighted by molar-refractivity contribution is 6.42. The Balaban J connectivity index is 1.70. The van der Waals surface area contributed by atoms with E-state index < -0.39 is 5.54 Å². The van der Waals surface area contributed by atoms with Gasteiger partial charge in [0.05, 0.1) is 22.3 Å². The molecular formula is C22H24Cl2FN3O2. The predicted octanol–water partition coefficient (Wildman–Crippen LogP) is 5.64. The van der Waals surface area contributed by atoms with Crippen LogP contribution in [0.3, 0.4) is 0 Å². The highest BCUT2D eigenvalue weighted by atomic mass is 35.5. The maximum atomic E-state index is 13.2. The zero-order valence-electron chi connectivity index (χ0n) is 17.1. The van der Waals surface area contributed by atoms with E-state index in [1.54, 1.807) is 29.2 Å². The highest BCUT2D eigenvalue weighted by Gasteiger charge is 2.28. The molecule has 0 fully saturated rings. The van der Waals surface area contributed by atoms with E-state index in [-0.39, 0.29) is 18.0 Å². The standard InChI is InChI=1S/C22H24Cl2FN3O2/c1-22(2,3)26-21(29)28(12-14-4-7-16(25)8-5-14)13-17-11-20(27-30-17)15-6-9-18(23)19(24)10-15/h4-10,17H,11-13H2,1-3H3,(H,26,29). The summed E-state index contributed by atoms with van der Waals surface area (Å²) >= 11 is 12.1. The lowest BCUT2D eigenvalue weighted by Gasteiger charge is -2.29. The van der Waals surface area contributed by atoms with Crippen molar-refractivity contribution in [2.75, 3.05) is 6.54 Å². The van der Waals surface area contributed by atoms with E-state index >= 15 is 0 Å². The maximum Gasteiger partial charge on any atom is 0.318 e. The number of oxime groups is 1. The predicted molar refractivity (Wildman–Crippen MR) is 118 cm³/mol. The fourth-order valence-corrected chi connectivity index (χ4v) is 3.35. The SMILES string of the molecule is CC(C)(C)NC(=O)N(Cc1ccc(F)cc1)CC1CC(c2ccc(Cl)c(Cl)c2)=NO1. The number of hydrogen-bond acceptors (Lipinski definition) is 3. The Bertz CT molecular complexity index is 942. The summed E-state index contributed by atoms with van der Waals surface area (Å²) in [6.45, 7) is 6.40. The number of nitrogens with zero attached hydrogens (tertiary/aromatic N) is 2. The van der Waals surface area contributed by atoms with Gasteiger partial charge in [-0.2, -0.15) is 0 Å². The van der Waals surface area contributed by atoms with Gasteiger partial charge >= 0.3 is 6.03 Å². The third kappa shape index (κ3) is 6.09. The highest BCUT2D eigenvalue weighted by Crippen LogP contribution is 2.26. The summed E-state index contributed by atoms with van der Waals surface area (Å²) in [6.07, 6.45) is 0.223. The molecule has 0 saturated heterocycles. The van der Waals surface area contributed by atoms with Crippen molar-refractivity contribution in [1.29, 1.82) is 0 Å². The number of benzene rings is 2. The molecule has 0 aromatic heterocycles. The first-order chi connectivity index (χ1) is 14.1. The Morgan fingerprint density at radius 2 is 1.90 bits per heavy atom. The molecule has 160 valence electrons. The topological polar surface area (TPSA) is 53.9 Å². The van der Waals surface area contributed by atoms with E-state index in [9.17, 15) is 9.18 Å². The minimum absolute atomic E-state index is 0.224. The summed E-state index contributed by atoms with van der Waals surface area (Å²) in [5, 5.41) is 8.06. The van der Waals surface area contributed by atoms with Crippen LogP contribution in [0.2, 0.25) is 10.0 Å². The molecule has 0 radical (unpaired) electrons. The van der Waals surface area contributed by atoms with Crippen molar-refractivity contribution < 1.29 is 14.0 Å². The van der Waals surface area contributed by atoms with Crippen molar-refractivity contribution >= 4 is 34.9 Å². The smallest absolute Gasteiger partial charge is 0.318 e. The van der Waals surface area contributed by atoms with E-state index in [2.05, 4.69) is 10.5 Å². The van der Waals surface area contributed by atoms with E-state index in [4.69, 9.17) is 28.0 Å². The zero-order chi connectivity index (χ0) is 21.9. The van der Waals surface area contributed by atoms with Crippen LogP contribution in [0.1, 0.15) is 38.3 Å². The molecule has 0 spiro atoms. The molecule has 0 saturated carbocycles. The molecule has 1 aliphatic rings. The molecule has 3 rings (SSSR count). The summed E-state index contributed by atoms with van der Waals surface area (Å²) in [4.78, 5) is 20.1. The van der Waals surface area contributed by atoms with Gasteiger partial charge in [-0.05, 0) is 50.6 Å². The summed E-state index contributed by atoms with van der Waals surface area (Å²) in [6, 6.07) is 11.2. The van der Waals surface area contributed by atoms with E-state index in [1.165, 1.54) is 12.1 Å². The molecule has 2 aromatic carbocycles.